The lowest BCUT2D eigenvalue weighted by atomic mass is 10.0. The monoisotopic (exact) mass is 948 g/mol. The van der Waals surface area contributed by atoms with Crippen molar-refractivity contribution < 1.29 is 37.6 Å². The molecule has 0 heterocycles. The fourth-order valence-corrected chi connectivity index (χ4v) is 8.39. The summed E-state index contributed by atoms with van der Waals surface area (Å²) in [5.41, 5.74) is 5.37. The number of carbonyl (C=O) groups excluding carboxylic acids is 2. The lowest BCUT2D eigenvalue weighted by Gasteiger charge is -2.19. The quantitative estimate of drug-likeness (QED) is 0.0264. The maximum absolute atomic E-state index is 12.7. The number of phosphoric ester groups is 1. The van der Waals surface area contributed by atoms with Gasteiger partial charge in [0.1, 0.15) is 6.61 Å². The molecule has 0 aromatic rings. The summed E-state index contributed by atoms with van der Waals surface area (Å²) < 4.78 is 32.9. The third-order valence-corrected chi connectivity index (χ3v) is 12.6. The van der Waals surface area contributed by atoms with Crippen LogP contribution in [0.2, 0.25) is 0 Å². The van der Waals surface area contributed by atoms with Gasteiger partial charge in [0.05, 0.1) is 13.2 Å². The first-order valence-corrected chi connectivity index (χ1v) is 28.8. The Hall–Kier alpha value is -2.29. The van der Waals surface area contributed by atoms with Crippen LogP contribution >= 0.6 is 7.82 Å². The van der Waals surface area contributed by atoms with E-state index in [1.165, 1.54) is 135 Å². The summed E-state index contributed by atoms with van der Waals surface area (Å²) in [6, 6.07) is 0. The molecule has 0 aromatic carbocycles. The molecule has 9 nitrogen and oxygen atoms in total. The SMILES string of the molecule is CC/C=C\C/C=C\C/C=C\C/C=C\CCCCCCCCCCCCCCCCCCCCC(=O)OC(COC(=O)CCCCCCC/C=C\CCCCCCC)COP(=O)(O)OCCN. The summed E-state index contributed by atoms with van der Waals surface area (Å²) in [7, 11) is -4.38. The first kappa shape index (κ1) is 63.7. The van der Waals surface area contributed by atoms with E-state index >= 15 is 0 Å². The summed E-state index contributed by atoms with van der Waals surface area (Å²) >= 11 is 0. The van der Waals surface area contributed by atoms with Crippen LogP contribution in [0, 0.1) is 0 Å². The molecule has 0 aliphatic rings. The molecule has 66 heavy (non-hydrogen) atoms. The minimum atomic E-state index is -4.38. The first-order valence-electron chi connectivity index (χ1n) is 27.3. The molecule has 0 radical (unpaired) electrons. The van der Waals surface area contributed by atoms with Gasteiger partial charge in [-0.05, 0) is 77.0 Å². The fourth-order valence-electron chi connectivity index (χ4n) is 7.62. The predicted octanol–water partition coefficient (Wildman–Crippen LogP) is 16.8. The minimum absolute atomic E-state index is 0.0522. The summed E-state index contributed by atoms with van der Waals surface area (Å²) in [5, 5.41) is 0. The Morgan fingerprint density at radius 3 is 1.26 bits per heavy atom. The van der Waals surface area contributed by atoms with Gasteiger partial charge in [-0.15, -0.1) is 0 Å². The molecular weight excluding hydrogens is 846 g/mol. The van der Waals surface area contributed by atoms with E-state index in [1.807, 2.05) is 0 Å². The molecule has 0 spiro atoms. The summed E-state index contributed by atoms with van der Waals surface area (Å²) in [5.74, 6) is -0.831. The minimum Gasteiger partial charge on any atom is -0.462 e. The highest BCUT2D eigenvalue weighted by Crippen LogP contribution is 2.43. The van der Waals surface area contributed by atoms with Crippen LogP contribution in [0.15, 0.2) is 60.8 Å². The number of nitrogens with two attached hydrogens (primary N) is 1. The van der Waals surface area contributed by atoms with E-state index in [0.29, 0.717) is 6.42 Å². The second kappa shape index (κ2) is 52.1. The van der Waals surface area contributed by atoms with Crippen molar-refractivity contribution in [3.05, 3.63) is 60.8 Å². The fraction of sp³-hybridized carbons (Fsp3) is 0.786. The Morgan fingerprint density at radius 2 is 0.833 bits per heavy atom. The Bertz CT molecular complexity index is 1260. The maximum Gasteiger partial charge on any atom is 0.472 e. The Morgan fingerprint density at radius 1 is 0.470 bits per heavy atom. The molecule has 0 bridgehead atoms. The van der Waals surface area contributed by atoms with Crippen molar-refractivity contribution in [2.24, 2.45) is 5.73 Å². The highest BCUT2D eigenvalue weighted by Gasteiger charge is 2.26. The van der Waals surface area contributed by atoms with Crippen molar-refractivity contribution in [2.75, 3.05) is 26.4 Å². The van der Waals surface area contributed by atoms with Crippen LogP contribution in [0.1, 0.15) is 251 Å². The van der Waals surface area contributed by atoms with E-state index in [1.54, 1.807) is 0 Å². The standard InChI is InChI=1S/C56H102NO8P/c1-3-5-7-9-11-13-15-17-19-20-21-22-23-24-25-26-27-28-29-30-31-32-33-34-35-37-39-41-43-45-47-49-56(59)65-54(53-64-66(60,61)63-51-50-57)52-62-55(58)48-46-44-42-40-38-36-18-16-14-12-10-8-6-4-2/h5,7,11,13,16-19,21-22,54H,3-4,6,8-10,12,14-15,20,23-53,57H2,1-2H3,(H,60,61)/b7-5-,13-11-,18-16-,19-17-,22-21-. The van der Waals surface area contributed by atoms with Crippen LogP contribution in [-0.4, -0.2) is 49.3 Å². The normalized spacial score (nSPS) is 13.6. The van der Waals surface area contributed by atoms with Crippen LogP contribution in [-0.2, 0) is 32.7 Å². The molecule has 0 aromatic heterocycles. The molecule has 384 valence electrons. The second-order valence-electron chi connectivity index (χ2n) is 18.1. The molecule has 3 N–H and O–H groups in total. The smallest absolute Gasteiger partial charge is 0.462 e. The highest BCUT2D eigenvalue weighted by molar-refractivity contribution is 7.47. The van der Waals surface area contributed by atoms with Gasteiger partial charge in [0.25, 0.3) is 0 Å². The van der Waals surface area contributed by atoms with E-state index in [4.69, 9.17) is 24.3 Å². The van der Waals surface area contributed by atoms with Crippen molar-refractivity contribution >= 4 is 19.8 Å². The molecule has 0 amide bonds. The van der Waals surface area contributed by atoms with Crippen LogP contribution in [0.5, 0.6) is 0 Å². The zero-order valence-corrected chi connectivity index (χ0v) is 43.6. The van der Waals surface area contributed by atoms with Crippen molar-refractivity contribution in [3.63, 3.8) is 0 Å². The number of ether oxygens (including phenoxy) is 2. The molecule has 0 rings (SSSR count). The zero-order chi connectivity index (χ0) is 48.1. The zero-order valence-electron chi connectivity index (χ0n) is 42.7. The van der Waals surface area contributed by atoms with Crippen LogP contribution < -0.4 is 5.73 Å². The average molecular weight is 948 g/mol. The van der Waals surface area contributed by atoms with Crippen molar-refractivity contribution in [3.8, 4) is 0 Å². The van der Waals surface area contributed by atoms with Crippen LogP contribution in [0.25, 0.3) is 0 Å². The van der Waals surface area contributed by atoms with Crippen molar-refractivity contribution in [1.82, 2.24) is 0 Å². The van der Waals surface area contributed by atoms with E-state index < -0.39 is 26.5 Å². The number of hydrogen-bond acceptors (Lipinski definition) is 8. The summed E-state index contributed by atoms with van der Waals surface area (Å²) in [6.45, 7) is 3.63. The number of allylic oxidation sites excluding steroid dienone is 10. The highest BCUT2D eigenvalue weighted by atomic mass is 31.2. The number of hydrogen-bond donors (Lipinski definition) is 2. The lowest BCUT2D eigenvalue weighted by Crippen LogP contribution is -2.29. The molecule has 0 saturated carbocycles. The average Bonchev–Trinajstić information content (AvgIpc) is 3.31. The van der Waals surface area contributed by atoms with Crippen LogP contribution in [0.4, 0.5) is 0 Å². The third-order valence-electron chi connectivity index (χ3n) is 11.6. The molecular formula is C56H102NO8P. The maximum atomic E-state index is 12.7. The summed E-state index contributed by atoms with van der Waals surface area (Å²) in [4.78, 5) is 35.0. The molecule has 0 aliphatic carbocycles. The molecule has 0 fully saturated rings. The molecule has 0 saturated heterocycles. The first-order chi connectivity index (χ1) is 32.3. The Kier molecular flexibility index (Phi) is 50.3. The number of rotatable bonds is 51. The van der Waals surface area contributed by atoms with Gasteiger partial charge in [0, 0.05) is 19.4 Å². The number of phosphoric acid groups is 1. The number of unbranched alkanes of at least 4 members (excludes halogenated alkanes) is 28. The van der Waals surface area contributed by atoms with Gasteiger partial charge in [-0.2, -0.15) is 0 Å². The van der Waals surface area contributed by atoms with Crippen LogP contribution in [0.3, 0.4) is 0 Å². The molecule has 10 heteroatoms. The van der Waals surface area contributed by atoms with E-state index in [9.17, 15) is 19.0 Å². The second-order valence-corrected chi connectivity index (χ2v) is 19.5. The largest absolute Gasteiger partial charge is 0.472 e. The van der Waals surface area contributed by atoms with Crippen molar-refractivity contribution in [2.45, 2.75) is 258 Å². The molecule has 2 unspecified atom stereocenters. The van der Waals surface area contributed by atoms with Gasteiger partial charge in [-0.25, -0.2) is 4.57 Å². The van der Waals surface area contributed by atoms with E-state index in [-0.39, 0.29) is 38.6 Å². The van der Waals surface area contributed by atoms with Gasteiger partial charge >= 0.3 is 19.8 Å². The van der Waals surface area contributed by atoms with E-state index in [2.05, 4.69) is 74.6 Å². The third kappa shape index (κ3) is 51.1. The molecule has 0 aliphatic heterocycles. The van der Waals surface area contributed by atoms with E-state index in [0.717, 1.165) is 83.5 Å². The lowest BCUT2D eigenvalue weighted by molar-refractivity contribution is -0.161. The number of carbonyl (C=O) groups is 2. The Labute approximate surface area is 406 Å². The van der Waals surface area contributed by atoms with Gasteiger partial charge in [0.15, 0.2) is 6.10 Å². The number of esters is 2. The predicted molar refractivity (Wildman–Crippen MR) is 279 cm³/mol. The summed E-state index contributed by atoms with van der Waals surface area (Å²) in [6.07, 6.45) is 64.2. The van der Waals surface area contributed by atoms with Gasteiger partial charge in [-0.3, -0.25) is 18.6 Å². The Balaban J connectivity index is 3.90. The van der Waals surface area contributed by atoms with Gasteiger partial charge in [0.2, 0.25) is 0 Å². The van der Waals surface area contributed by atoms with Crippen molar-refractivity contribution in [1.29, 1.82) is 0 Å². The van der Waals surface area contributed by atoms with Gasteiger partial charge < -0.3 is 20.1 Å². The topological polar surface area (TPSA) is 134 Å². The van der Waals surface area contributed by atoms with Gasteiger partial charge in [-0.1, -0.05) is 222 Å². The molecule has 2 atom stereocenters.